The lowest BCUT2D eigenvalue weighted by Crippen LogP contribution is -2.11. The predicted molar refractivity (Wildman–Crippen MR) is 70.9 cm³/mol. The summed E-state index contributed by atoms with van der Waals surface area (Å²) < 4.78 is 19.0. The molecule has 0 atom stereocenters. The van der Waals surface area contributed by atoms with Gasteiger partial charge in [-0.05, 0) is 24.3 Å². The molecule has 1 aromatic carbocycles. The van der Waals surface area contributed by atoms with Gasteiger partial charge in [0.25, 0.3) is 0 Å². The van der Waals surface area contributed by atoms with Crippen LogP contribution in [0.25, 0.3) is 0 Å². The molecule has 0 aliphatic heterocycles. The number of nitrogens with two attached hydrogens (primary N) is 1. The van der Waals surface area contributed by atoms with Gasteiger partial charge in [0.2, 0.25) is 0 Å². The highest BCUT2D eigenvalue weighted by molar-refractivity contribution is 7.80. The van der Waals surface area contributed by atoms with Crippen LogP contribution in [0.1, 0.15) is 11.3 Å². The van der Waals surface area contributed by atoms with E-state index in [-0.39, 0.29) is 17.2 Å². The summed E-state index contributed by atoms with van der Waals surface area (Å²) in [5.41, 5.74) is 6.36. The van der Waals surface area contributed by atoms with E-state index in [0.29, 0.717) is 5.75 Å². The second-order valence-electron chi connectivity index (χ2n) is 3.62. The van der Waals surface area contributed by atoms with Gasteiger partial charge in [-0.25, -0.2) is 4.39 Å². The second-order valence-corrected chi connectivity index (χ2v) is 4.06. The molecular formula is C13H11FN2OS. The van der Waals surface area contributed by atoms with E-state index in [9.17, 15) is 4.39 Å². The molecule has 0 aliphatic carbocycles. The van der Waals surface area contributed by atoms with Crippen molar-refractivity contribution in [1.82, 2.24) is 4.98 Å². The Morgan fingerprint density at radius 2 is 2.17 bits per heavy atom. The summed E-state index contributed by atoms with van der Waals surface area (Å²) in [7, 11) is 0. The van der Waals surface area contributed by atoms with E-state index in [1.54, 1.807) is 12.3 Å². The van der Waals surface area contributed by atoms with Gasteiger partial charge in [-0.2, -0.15) is 0 Å². The zero-order valence-corrected chi connectivity index (χ0v) is 10.3. The monoisotopic (exact) mass is 262 g/mol. The third-order valence-corrected chi connectivity index (χ3v) is 2.54. The Hall–Kier alpha value is -2.01. The van der Waals surface area contributed by atoms with Gasteiger partial charge in [-0.3, -0.25) is 4.98 Å². The summed E-state index contributed by atoms with van der Waals surface area (Å²) in [5.74, 6) is -0.0702. The number of hydrogen-bond acceptors (Lipinski definition) is 3. The summed E-state index contributed by atoms with van der Waals surface area (Å²) in [6.45, 7) is 0.284. The highest BCUT2D eigenvalue weighted by Gasteiger charge is 2.06. The number of thiocarbonyl (C=S) groups is 1. The first-order valence-corrected chi connectivity index (χ1v) is 5.69. The lowest BCUT2D eigenvalue weighted by molar-refractivity contribution is 0.300. The van der Waals surface area contributed by atoms with Gasteiger partial charge in [0, 0.05) is 17.8 Å². The van der Waals surface area contributed by atoms with Gasteiger partial charge in [-0.15, -0.1) is 0 Å². The molecule has 5 heteroatoms. The number of nitrogens with zero attached hydrogens (tertiary/aromatic N) is 1. The molecule has 1 heterocycles. The van der Waals surface area contributed by atoms with Crippen LogP contribution in [-0.2, 0) is 6.61 Å². The summed E-state index contributed by atoms with van der Waals surface area (Å²) in [6.07, 6.45) is 1.68. The van der Waals surface area contributed by atoms with E-state index in [2.05, 4.69) is 4.98 Å². The molecule has 2 aromatic rings. The molecule has 2 rings (SSSR count). The summed E-state index contributed by atoms with van der Waals surface area (Å²) in [5, 5.41) is 0. The number of rotatable bonds is 4. The van der Waals surface area contributed by atoms with E-state index < -0.39 is 5.82 Å². The van der Waals surface area contributed by atoms with Crippen LogP contribution in [0, 0.1) is 5.82 Å². The van der Waals surface area contributed by atoms with Crippen LogP contribution in [0.15, 0.2) is 42.6 Å². The van der Waals surface area contributed by atoms with Crippen molar-refractivity contribution in [2.45, 2.75) is 6.61 Å². The van der Waals surface area contributed by atoms with Crippen LogP contribution in [0.4, 0.5) is 4.39 Å². The zero-order valence-electron chi connectivity index (χ0n) is 9.47. The molecule has 0 fully saturated rings. The smallest absolute Gasteiger partial charge is 0.137 e. The molecule has 0 saturated carbocycles. The van der Waals surface area contributed by atoms with Crippen molar-refractivity contribution in [1.29, 1.82) is 0 Å². The van der Waals surface area contributed by atoms with Gasteiger partial charge in [0.1, 0.15) is 23.2 Å². The van der Waals surface area contributed by atoms with E-state index in [1.807, 2.05) is 18.2 Å². The maximum absolute atomic E-state index is 13.6. The Labute approximate surface area is 109 Å². The SMILES string of the molecule is NC(=S)c1ccc(OCc2ccccn2)cc1F. The fourth-order valence-corrected chi connectivity index (χ4v) is 1.59. The minimum atomic E-state index is -0.485. The summed E-state index contributed by atoms with van der Waals surface area (Å²) >= 11 is 4.72. The Kier molecular flexibility index (Phi) is 3.84. The minimum Gasteiger partial charge on any atom is -0.487 e. The third-order valence-electron chi connectivity index (χ3n) is 2.32. The van der Waals surface area contributed by atoms with Gasteiger partial charge in [0.15, 0.2) is 0 Å². The van der Waals surface area contributed by atoms with E-state index in [0.717, 1.165) is 5.69 Å². The maximum Gasteiger partial charge on any atom is 0.137 e. The van der Waals surface area contributed by atoms with Crippen molar-refractivity contribution in [3.63, 3.8) is 0 Å². The molecule has 0 radical (unpaired) electrons. The molecule has 0 bridgehead atoms. The van der Waals surface area contributed by atoms with Crippen molar-refractivity contribution in [2.24, 2.45) is 5.73 Å². The second kappa shape index (κ2) is 5.55. The third kappa shape index (κ3) is 3.01. The lowest BCUT2D eigenvalue weighted by Gasteiger charge is -2.07. The number of benzene rings is 1. The molecule has 0 spiro atoms. The van der Waals surface area contributed by atoms with Crippen molar-refractivity contribution < 1.29 is 9.13 Å². The largest absolute Gasteiger partial charge is 0.487 e. The summed E-state index contributed by atoms with van der Waals surface area (Å²) in [4.78, 5) is 4.13. The molecular weight excluding hydrogens is 251 g/mol. The van der Waals surface area contributed by atoms with Crippen LogP contribution in [0.5, 0.6) is 5.75 Å². The fourth-order valence-electron chi connectivity index (χ4n) is 1.43. The molecule has 92 valence electrons. The van der Waals surface area contributed by atoms with Crippen molar-refractivity contribution in [3.05, 3.63) is 59.7 Å². The lowest BCUT2D eigenvalue weighted by atomic mass is 10.2. The van der Waals surface area contributed by atoms with Crippen LogP contribution >= 0.6 is 12.2 Å². The number of hydrogen-bond donors (Lipinski definition) is 1. The molecule has 2 N–H and O–H groups in total. The number of pyridine rings is 1. The molecule has 1 aromatic heterocycles. The van der Waals surface area contributed by atoms with Gasteiger partial charge >= 0.3 is 0 Å². The van der Waals surface area contributed by atoms with Crippen LogP contribution < -0.4 is 10.5 Å². The van der Waals surface area contributed by atoms with Crippen LogP contribution in [-0.4, -0.2) is 9.97 Å². The quantitative estimate of drug-likeness (QED) is 0.860. The maximum atomic E-state index is 13.6. The topological polar surface area (TPSA) is 48.1 Å². The first-order valence-electron chi connectivity index (χ1n) is 5.29. The Balaban J connectivity index is 2.07. The summed E-state index contributed by atoms with van der Waals surface area (Å²) in [6, 6.07) is 9.91. The van der Waals surface area contributed by atoms with Crippen LogP contribution in [0.2, 0.25) is 0 Å². The van der Waals surface area contributed by atoms with Crippen LogP contribution in [0.3, 0.4) is 0 Å². The van der Waals surface area contributed by atoms with E-state index in [1.165, 1.54) is 12.1 Å². The van der Waals surface area contributed by atoms with Crippen molar-refractivity contribution in [2.75, 3.05) is 0 Å². The highest BCUT2D eigenvalue weighted by atomic mass is 32.1. The average molecular weight is 262 g/mol. The first kappa shape index (κ1) is 12.4. The normalized spacial score (nSPS) is 10.1. The molecule has 0 aliphatic rings. The van der Waals surface area contributed by atoms with E-state index in [4.69, 9.17) is 22.7 Å². The molecule has 18 heavy (non-hydrogen) atoms. The molecule has 0 unspecified atom stereocenters. The number of aromatic nitrogens is 1. The highest BCUT2D eigenvalue weighted by Crippen LogP contribution is 2.17. The minimum absolute atomic E-state index is 0.0313. The Morgan fingerprint density at radius 3 is 2.78 bits per heavy atom. The van der Waals surface area contributed by atoms with E-state index >= 15 is 0 Å². The van der Waals surface area contributed by atoms with Crippen molar-refractivity contribution in [3.8, 4) is 5.75 Å². The number of halogens is 1. The Morgan fingerprint density at radius 1 is 1.33 bits per heavy atom. The molecule has 3 nitrogen and oxygen atoms in total. The van der Waals surface area contributed by atoms with Gasteiger partial charge < -0.3 is 10.5 Å². The average Bonchev–Trinajstić information content (AvgIpc) is 2.37. The molecule has 0 saturated heterocycles. The first-order chi connectivity index (χ1) is 8.66. The van der Waals surface area contributed by atoms with Gasteiger partial charge in [0.05, 0.1) is 5.69 Å². The van der Waals surface area contributed by atoms with Crippen molar-refractivity contribution >= 4 is 17.2 Å². The zero-order chi connectivity index (χ0) is 13.0. The predicted octanol–water partition coefficient (Wildman–Crippen LogP) is 2.43. The fraction of sp³-hybridized carbons (Fsp3) is 0.0769. The Bertz CT molecular complexity index is 560. The molecule has 0 amide bonds. The standard InChI is InChI=1S/C13H11FN2OS/c14-12-7-10(4-5-11(12)13(15)18)17-8-9-3-1-2-6-16-9/h1-7H,8H2,(H2,15,18). The van der Waals surface area contributed by atoms with Gasteiger partial charge in [-0.1, -0.05) is 18.3 Å². The number of ether oxygens (including phenoxy) is 1.